The van der Waals surface area contributed by atoms with Gasteiger partial charge in [0.25, 0.3) is 5.91 Å². The Bertz CT molecular complexity index is 884. The lowest BCUT2D eigenvalue weighted by Crippen LogP contribution is -2.43. The first-order valence-corrected chi connectivity index (χ1v) is 9.03. The lowest BCUT2D eigenvalue weighted by atomic mass is 10.0. The maximum absolute atomic E-state index is 12.2. The van der Waals surface area contributed by atoms with Crippen LogP contribution in [0.3, 0.4) is 0 Å². The molecular weight excluding hydrogens is 334 g/mol. The summed E-state index contributed by atoms with van der Waals surface area (Å²) in [6, 6.07) is 3.38. The molecular formula is C20H25NO5. The Morgan fingerprint density at radius 2 is 2.04 bits per heavy atom. The monoisotopic (exact) mass is 359 g/mol. The van der Waals surface area contributed by atoms with Crippen molar-refractivity contribution in [3.63, 3.8) is 0 Å². The van der Waals surface area contributed by atoms with E-state index in [0.717, 1.165) is 34.9 Å². The largest absolute Gasteiger partial charge is 0.483 e. The fraction of sp³-hybridized carbons (Fsp3) is 0.500. The molecule has 2 aromatic rings. The van der Waals surface area contributed by atoms with Crippen LogP contribution in [0.25, 0.3) is 11.0 Å². The molecule has 1 aromatic carbocycles. The van der Waals surface area contributed by atoms with Gasteiger partial charge in [-0.15, -0.1) is 0 Å². The molecule has 0 fully saturated rings. The Labute approximate surface area is 152 Å². The highest BCUT2D eigenvalue weighted by molar-refractivity contribution is 5.89. The van der Waals surface area contributed by atoms with Crippen molar-refractivity contribution in [2.75, 3.05) is 13.2 Å². The standard InChI is InChI=1S/C20H25NO5/c1-11(2)15(9-22)21-18(23)10-25-16-7-12(3)8-17-19(16)13-5-4-6-14(13)20(24)26-17/h7-8,11,15,22H,4-6,9-10H2,1-3H3,(H,21,23). The number of aliphatic hydroxyl groups excluding tert-OH is 1. The van der Waals surface area contributed by atoms with Gasteiger partial charge in [-0.3, -0.25) is 4.79 Å². The van der Waals surface area contributed by atoms with Gasteiger partial charge in [-0.25, -0.2) is 4.79 Å². The maximum Gasteiger partial charge on any atom is 0.339 e. The molecule has 2 N–H and O–H groups in total. The first kappa shape index (κ1) is 18.5. The summed E-state index contributed by atoms with van der Waals surface area (Å²) < 4.78 is 11.3. The molecule has 26 heavy (non-hydrogen) atoms. The van der Waals surface area contributed by atoms with Crippen LogP contribution in [-0.2, 0) is 17.6 Å². The van der Waals surface area contributed by atoms with Gasteiger partial charge in [-0.05, 0) is 55.4 Å². The van der Waals surface area contributed by atoms with Crippen molar-refractivity contribution in [3.8, 4) is 5.75 Å². The molecule has 6 heteroatoms. The van der Waals surface area contributed by atoms with Crippen LogP contribution in [0.5, 0.6) is 5.75 Å². The zero-order chi connectivity index (χ0) is 18.8. The fourth-order valence-corrected chi connectivity index (χ4v) is 3.43. The van der Waals surface area contributed by atoms with Gasteiger partial charge in [0.05, 0.1) is 18.0 Å². The number of hydrogen-bond acceptors (Lipinski definition) is 5. The summed E-state index contributed by atoms with van der Waals surface area (Å²) in [5, 5.41) is 12.9. The highest BCUT2D eigenvalue weighted by atomic mass is 16.5. The number of benzene rings is 1. The average molecular weight is 359 g/mol. The van der Waals surface area contributed by atoms with E-state index in [1.807, 2.05) is 32.9 Å². The minimum atomic E-state index is -0.303. The van der Waals surface area contributed by atoms with Gasteiger partial charge in [0.1, 0.15) is 11.3 Å². The third-order valence-corrected chi connectivity index (χ3v) is 4.89. The normalized spacial score (nSPS) is 14.5. The van der Waals surface area contributed by atoms with E-state index in [-0.39, 0.29) is 36.7 Å². The third-order valence-electron chi connectivity index (χ3n) is 4.89. The molecule has 140 valence electrons. The van der Waals surface area contributed by atoms with Crippen LogP contribution in [0.2, 0.25) is 0 Å². The van der Waals surface area contributed by atoms with Gasteiger partial charge in [0, 0.05) is 5.56 Å². The molecule has 1 aliphatic carbocycles. The van der Waals surface area contributed by atoms with E-state index in [0.29, 0.717) is 17.8 Å². The summed E-state index contributed by atoms with van der Waals surface area (Å²) >= 11 is 0. The van der Waals surface area contributed by atoms with Crippen molar-refractivity contribution in [3.05, 3.63) is 39.2 Å². The highest BCUT2D eigenvalue weighted by Crippen LogP contribution is 2.35. The van der Waals surface area contributed by atoms with Crippen LogP contribution in [0.1, 0.15) is 37.0 Å². The van der Waals surface area contributed by atoms with Crippen molar-refractivity contribution >= 4 is 16.9 Å². The molecule has 1 amide bonds. The predicted molar refractivity (Wildman–Crippen MR) is 98.6 cm³/mol. The minimum Gasteiger partial charge on any atom is -0.483 e. The van der Waals surface area contributed by atoms with Crippen molar-refractivity contribution < 1.29 is 19.1 Å². The van der Waals surface area contributed by atoms with Crippen molar-refractivity contribution in [1.29, 1.82) is 0 Å². The molecule has 0 bridgehead atoms. The second kappa shape index (κ2) is 7.50. The van der Waals surface area contributed by atoms with Crippen LogP contribution in [0, 0.1) is 12.8 Å². The van der Waals surface area contributed by atoms with Gasteiger partial charge >= 0.3 is 5.63 Å². The molecule has 1 heterocycles. The van der Waals surface area contributed by atoms with Crippen molar-refractivity contribution in [2.45, 2.75) is 46.1 Å². The van der Waals surface area contributed by atoms with Gasteiger partial charge in [-0.1, -0.05) is 13.8 Å². The smallest absolute Gasteiger partial charge is 0.339 e. The summed E-state index contributed by atoms with van der Waals surface area (Å²) in [6.07, 6.45) is 2.44. The molecule has 1 unspecified atom stereocenters. The van der Waals surface area contributed by atoms with E-state index >= 15 is 0 Å². The molecule has 0 saturated heterocycles. The third kappa shape index (κ3) is 3.60. The molecule has 0 aliphatic heterocycles. The molecule has 1 atom stereocenters. The quantitative estimate of drug-likeness (QED) is 0.771. The van der Waals surface area contributed by atoms with Crippen molar-refractivity contribution in [1.82, 2.24) is 5.32 Å². The predicted octanol–water partition coefficient (Wildman–Crippen LogP) is 2.10. The molecule has 0 saturated carbocycles. The van der Waals surface area contributed by atoms with E-state index in [4.69, 9.17) is 9.15 Å². The van der Waals surface area contributed by atoms with E-state index in [1.165, 1.54) is 0 Å². The van der Waals surface area contributed by atoms with E-state index in [1.54, 1.807) is 0 Å². The Hall–Kier alpha value is -2.34. The van der Waals surface area contributed by atoms with Crippen LogP contribution in [0.15, 0.2) is 21.3 Å². The lowest BCUT2D eigenvalue weighted by molar-refractivity contribution is -0.124. The average Bonchev–Trinajstić information content (AvgIpc) is 3.07. The minimum absolute atomic E-state index is 0.116. The number of hydrogen-bond donors (Lipinski definition) is 2. The number of amides is 1. The molecule has 6 nitrogen and oxygen atoms in total. The van der Waals surface area contributed by atoms with Crippen LogP contribution < -0.4 is 15.7 Å². The topological polar surface area (TPSA) is 88.8 Å². The van der Waals surface area contributed by atoms with Gasteiger partial charge in [0.15, 0.2) is 6.61 Å². The molecule has 3 rings (SSSR count). The highest BCUT2D eigenvalue weighted by Gasteiger charge is 2.23. The number of carbonyl (C=O) groups excluding carboxylic acids is 1. The van der Waals surface area contributed by atoms with E-state index < -0.39 is 0 Å². The van der Waals surface area contributed by atoms with Gasteiger partial charge < -0.3 is 19.6 Å². The first-order valence-electron chi connectivity index (χ1n) is 9.03. The van der Waals surface area contributed by atoms with Gasteiger partial charge in [0.2, 0.25) is 0 Å². The SMILES string of the molecule is Cc1cc(OCC(=O)NC(CO)C(C)C)c2c3c(c(=O)oc2c1)CCC3. The number of fused-ring (bicyclic) bond motifs is 3. The summed E-state index contributed by atoms with van der Waals surface area (Å²) in [4.78, 5) is 24.3. The second-order valence-corrected chi connectivity index (χ2v) is 7.23. The Balaban J connectivity index is 1.87. The molecule has 1 aromatic heterocycles. The van der Waals surface area contributed by atoms with Crippen LogP contribution in [0.4, 0.5) is 0 Å². The van der Waals surface area contributed by atoms with Crippen LogP contribution >= 0.6 is 0 Å². The summed E-state index contributed by atoms with van der Waals surface area (Å²) in [5.74, 6) is 0.393. The maximum atomic E-state index is 12.2. The summed E-state index contributed by atoms with van der Waals surface area (Å²) in [7, 11) is 0. The van der Waals surface area contributed by atoms with E-state index in [9.17, 15) is 14.7 Å². The second-order valence-electron chi connectivity index (χ2n) is 7.23. The number of ether oxygens (including phenoxy) is 1. The molecule has 0 radical (unpaired) electrons. The Morgan fingerprint density at radius 3 is 2.73 bits per heavy atom. The summed E-state index contributed by atoms with van der Waals surface area (Å²) in [6.45, 7) is 5.48. The number of aliphatic hydroxyl groups is 1. The molecule has 1 aliphatic rings. The number of carbonyl (C=O) groups is 1. The Morgan fingerprint density at radius 1 is 1.31 bits per heavy atom. The summed E-state index contributed by atoms with van der Waals surface area (Å²) in [5.41, 5.74) is 2.81. The lowest BCUT2D eigenvalue weighted by Gasteiger charge is -2.20. The molecule has 0 spiro atoms. The van der Waals surface area contributed by atoms with Crippen LogP contribution in [-0.4, -0.2) is 30.3 Å². The first-order chi connectivity index (χ1) is 12.4. The van der Waals surface area contributed by atoms with Gasteiger partial charge in [-0.2, -0.15) is 0 Å². The zero-order valence-corrected chi connectivity index (χ0v) is 15.4. The zero-order valence-electron chi connectivity index (χ0n) is 15.4. The number of nitrogens with one attached hydrogen (secondary N) is 1. The number of aryl methyl sites for hydroxylation is 2. The van der Waals surface area contributed by atoms with E-state index in [2.05, 4.69) is 5.32 Å². The van der Waals surface area contributed by atoms with Crippen molar-refractivity contribution in [2.24, 2.45) is 5.92 Å². The fourth-order valence-electron chi connectivity index (χ4n) is 3.43. The number of rotatable bonds is 6. The Kier molecular flexibility index (Phi) is 5.32.